The first kappa shape index (κ1) is 32.6. The summed E-state index contributed by atoms with van der Waals surface area (Å²) in [6, 6.07) is 0. The largest absolute Gasteiger partial charge is 1.00 e. The van der Waals surface area contributed by atoms with Crippen LogP contribution in [0.15, 0.2) is 12.2 Å². The minimum absolute atomic E-state index is 0. The molecule has 122 valence electrons. The Morgan fingerprint density at radius 2 is 0.550 bits per heavy atom. The van der Waals surface area contributed by atoms with E-state index in [1.165, 1.54) is 0 Å². The Kier molecular flexibility index (Phi) is 26.3. The molecule has 0 fully saturated rings. The Labute approximate surface area is 151 Å². The van der Waals surface area contributed by atoms with Crippen molar-refractivity contribution in [2.24, 2.45) is 0 Å². The third kappa shape index (κ3) is 1960. The molecule has 0 N–H and O–H groups in total. The average Bonchev–Trinajstić information content (AvgIpc) is 1.93. The molecule has 20 heavy (non-hydrogen) atoms. The molecule has 0 radical (unpaired) electrons. The first-order chi connectivity index (χ1) is 7.91. The maximum Gasteiger partial charge on any atom is 1.00 e. The Balaban J connectivity index is -0.0000000347. The standard InChI is InChI=1S/C4H8.3BF4.K.H/c1-3-4-2;3*2-1(3,4)5;;/h3-4H,1-2H3;;;;;/q;3*-1;+1;-1. The summed E-state index contributed by atoms with van der Waals surface area (Å²) in [6.07, 6.45) is 4.00. The van der Waals surface area contributed by atoms with Crippen molar-refractivity contribution in [3.8, 4) is 0 Å². The summed E-state index contributed by atoms with van der Waals surface area (Å²) in [5.41, 5.74) is 0. The number of rotatable bonds is 0. The van der Waals surface area contributed by atoms with Crippen LogP contribution in [-0.2, 0) is 0 Å². The molecule has 0 aromatic rings. The summed E-state index contributed by atoms with van der Waals surface area (Å²) >= 11 is 0. The maximum atomic E-state index is 9.75. The van der Waals surface area contributed by atoms with Crippen LogP contribution >= 0.6 is 0 Å². The van der Waals surface area contributed by atoms with Crippen molar-refractivity contribution in [3.05, 3.63) is 12.2 Å². The molecule has 0 heterocycles. The molecular weight excluding hydrogens is 348 g/mol. The number of allylic oxidation sites excluding steroid dienone is 2. The summed E-state index contributed by atoms with van der Waals surface area (Å²) in [5.74, 6) is 0. The van der Waals surface area contributed by atoms with E-state index in [2.05, 4.69) is 0 Å². The van der Waals surface area contributed by atoms with Crippen LogP contribution in [0.2, 0.25) is 0 Å². The van der Waals surface area contributed by atoms with Crippen molar-refractivity contribution in [2.75, 3.05) is 0 Å². The maximum absolute atomic E-state index is 9.75. The van der Waals surface area contributed by atoms with E-state index in [0.29, 0.717) is 0 Å². The second-order valence-corrected chi connectivity index (χ2v) is 2.15. The van der Waals surface area contributed by atoms with Crippen LogP contribution in [0.1, 0.15) is 15.3 Å². The average molecular weight is 357 g/mol. The van der Waals surface area contributed by atoms with Gasteiger partial charge in [0.2, 0.25) is 0 Å². The summed E-state index contributed by atoms with van der Waals surface area (Å²) < 4.78 is 117. The molecule has 0 aromatic heterocycles. The van der Waals surface area contributed by atoms with Crippen LogP contribution in [0.4, 0.5) is 51.8 Å². The van der Waals surface area contributed by atoms with Gasteiger partial charge in [0.25, 0.3) is 0 Å². The van der Waals surface area contributed by atoms with Crippen LogP contribution in [0.25, 0.3) is 0 Å². The monoisotopic (exact) mass is 357 g/mol. The van der Waals surface area contributed by atoms with Crippen LogP contribution in [0, 0.1) is 0 Å². The predicted octanol–water partition coefficient (Wildman–Crippen LogP) is 2.60. The van der Waals surface area contributed by atoms with Gasteiger partial charge >= 0.3 is 73.1 Å². The first-order valence-electron chi connectivity index (χ1n) is 4.11. The number of hydrogen-bond donors (Lipinski definition) is 0. The van der Waals surface area contributed by atoms with E-state index in [-0.39, 0.29) is 52.8 Å². The summed E-state index contributed by atoms with van der Waals surface area (Å²) in [7, 11) is -18.0. The minimum Gasteiger partial charge on any atom is -1.00 e. The quantitative estimate of drug-likeness (QED) is 0.356. The van der Waals surface area contributed by atoms with Gasteiger partial charge in [0, 0.05) is 0 Å². The van der Waals surface area contributed by atoms with Gasteiger partial charge in [-0.1, -0.05) is 12.2 Å². The molecule has 0 rings (SSSR count). The minimum atomic E-state index is -6.00. The summed E-state index contributed by atoms with van der Waals surface area (Å²) in [6.45, 7) is 4.00. The van der Waals surface area contributed by atoms with Gasteiger partial charge in [0.05, 0.1) is 0 Å². The van der Waals surface area contributed by atoms with Gasteiger partial charge < -0.3 is 53.2 Å². The Morgan fingerprint density at radius 1 is 0.500 bits per heavy atom. The van der Waals surface area contributed by atoms with Crippen LogP contribution in [0.3, 0.4) is 0 Å². The van der Waals surface area contributed by atoms with E-state index < -0.39 is 21.8 Å². The van der Waals surface area contributed by atoms with Gasteiger partial charge in [-0.05, 0) is 13.8 Å². The molecule has 0 aliphatic heterocycles. The topological polar surface area (TPSA) is 0 Å². The molecule has 16 heteroatoms. The van der Waals surface area contributed by atoms with Crippen molar-refractivity contribution in [3.63, 3.8) is 0 Å². The molecular formula is C4H9B3F12K-3. The molecule has 0 aromatic carbocycles. The number of hydrogen-bond acceptors (Lipinski definition) is 0. The summed E-state index contributed by atoms with van der Waals surface area (Å²) in [5, 5.41) is 0. The third-order valence-corrected chi connectivity index (χ3v) is 0.333. The van der Waals surface area contributed by atoms with Gasteiger partial charge in [0.1, 0.15) is 0 Å². The normalized spacial score (nSPS) is 10.9. The molecule has 0 saturated carbocycles. The predicted molar refractivity (Wildman–Crippen MR) is 52.2 cm³/mol. The third-order valence-electron chi connectivity index (χ3n) is 0.333. The Hall–Kier alpha value is 0.731. The van der Waals surface area contributed by atoms with Gasteiger partial charge in [-0.15, -0.1) is 0 Å². The van der Waals surface area contributed by atoms with Gasteiger partial charge in [-0.3, -0.25) is 0 Å². The second-order valence-electron chi connectivity index (χ2n) is 2.15. The molecule has 0 unspecified atom stereocenters. The zero-order valence-electron chi connectivity index (χ0n) is 11.4. The molecule has 0 saturated heterocycles. The smallest absolute Gasteiger partial charge is 1.00 e. The molecule has 0 spiro atoms. The van der Waals surface area contributed by atoms with E-state index in [0.717, 1.165) is 0 Å². The molecule has 0 atom stereocenters. The number of halogens is 12. The van der Waals surface area contributed by atoms with Gasteiger partial charge in [0.15, 0.2) is 0 Å². The summed E-state index contributed by atoms with van der Waals surface area (Å²) in [4.78, 5) is 0. The second kappa shape index (κ2) is 16.1. The fourth-order valence-electron chi connectivity index (χ4n) is 0. The Morgan fingerprint density at radius 3 is 0.550 bits per heavy atom. The van der Waals surface area contributed by atoms with Crippen molar-refractivity contribution in [2.45, 2.75) is 13.8 Å². The van der Waals surface area contributed by atoms with E-state index >= 15 is 0 Å². The van der Waals surface area contributed by atoms with Crippen molar-refractivity contribution in [1.82, 2.24) is 0 Å². The van der Waals surface area contributed by atoms with Gasteiger partial charge in [-0.25, -0.2) is 0 Å². The van der Waals surface area contributed by atoms with E-state index in [1.54, 1.807) is 0 Å². The fourth-order valence-corrected chi connectivity index (χ4v) is 0. The Bertz CT molecular complexity index is 161. The zero-order valence-corrected chi connectivity index (χ0v) is 13.5. The van der Waals surface area contributed by atoms with Crippen molar-refractivity contribution >= 4 is 21.8 Å². The van der Waals surface area contributed by atoms with Crippen molar-refractivity contribution < 1.29 is 105 Å². The molecule has 0 aliphatic rings. The molecule has 0 bridgehead atoms. The van der Waals surface area contributed by atoms with Crippen LogP contribution in [-0.4, -0.2) is 21.8 Å². The van der Waals surface area contributed by atoms with Crippen LogP contribution < -0.4 is 51.4 Å². The van der Waals surface area contributed by atoms with E-state index in [1.807, 2.05) is 26.0 Å². The molecule has 0 nitrogen and oxygen atoms in total. The van der Waals surface area contributed by atoms with Crippen LogP contribution in [0.5, 0.6) is 0 Å². The fraction of sp³-hybridized carbons (Fsp3) is 0.500. The zero-order chi connectivity index (χ0) is 16.9. The molecule has 0 amide bonds. The first-order valence-corrected chi connectivity index (χ1v) is 4.11. The van der Waals surface area contributed by atoms with Gasteiger partial charge in [-0.2, -0.15) is 0 Å². The molecule has 0 aliphatic carbocycles. The van der Waals surface area contributed by atoms with E-state index in [4.69, 9.17) is 0 Å². The van der Waals surface area contributed by atoms with E-state index in [9.17, 15) is 51.8 Å². The SMILES string of the molecule is CC=CC.F[B-](F)(F)F.F[B-](F)(F)F.F[B-](F)(F)F.[H-].[K+]. The van der Waals surface area contributed by atoms with Crippen molar-refractivity contribution in [1.29, 1.82) is 0 Å².